The van der Waals surface area contributed by atoms with Crippen molar-refractivity contribution in [2.24, 2.45) is 23.3 Å². The van der Waals surface area contributed by atoms with Crippen molar-refractivity contribution >= 4 is 57.4 Å². The SMILES string of the molecule is CC(C)CCn1cc(NC(=O)c2ccc3cc(C(=O)Nc4cc(C(=O)NCCC(=N)N)n(CCC(C)C)c4)ccc3c2)cc1C(=O)NCCC(=N)N. The summed E-state index contributed by atoms with van der Waals surface area (Å²) in [6, 6.07) is 13.6. The van der Waals surface area contributed by atoms with Gasteiger partial charge in [-0.05, 0) is 71.8 Å². The van der Waals surface area contributed by atoms with Gasteiger partial charge in [0.1, 0.15) is 11.4 Å². The fraction of sp³-hybridized carbons (Fsp3) is 0.368. The maximum absolute atomic E-state index is 13.3. The summed E-state index contributed by atoms with van der Waals surface area (Å²) in [4.78, 5) is 52.5. The zero-order chi connectivity index (χ0) is 37.9. The van der Waals surface area contributed by atoms with Crippen molar-refractivity contribution < 1.29 is 19.2 Å². The molecule has 4 aromatic rings. The maximum atomic E-state index is 13.3. The Morgan fingerprint density at radius 2 is 1.00 bits per heavy atom. The summed E-state index contributed by atoms with van der Waals surface area (Å²) in [6.07, 6.45) is 5.66. The summed E-state index contributed by atoms with van der Waals surface area (Å²) < 4.78 is 3.64. The Balaban J connectivity index is 1.47. The van der Waals surface area contributed by atoms with Gasteiger partial charge in [-0.25, -0.2) is 0 Å². The van der Waals surface area contributed by atoms with Crippen LogP contribution in [0, 0.1) is 22.7 Å². The van der Waals surface area contributed by atoms with Crippen molar-refractivity contribution in [2.75, 3.05) is 23.7 Å². The Bertz CT molecular complexity index is 1820. The largest absolute Gasteiger partial charge is 0.388 e. The first-order chi connectivity index (χ1) is 24.7. The number of nitrogens with zero attached hydrogens (tertiary/aromatic N) is 2. The lowest BCUT2D eigenvalue weighted by molar-refractivity contribution is 0.0937. The van der Waals surface area contributed by atoms with Gasteiger partial charge in [0.15, 0.2) is 0 Å². The molecule has 2 heterocycles. The average Bonchev–Trinajstić information content (AvgIpc) is 3.69. The minimum Gasteiger partial charge on any atom is -0.388 e. The van der Waals surface area contributed by atoms with E-state index < -0.39 is 0 Å². The molecular weight excluding hydrogens is 660 g/mol. The molecule has 0 atom stereocenters. The van der Waals surface area contributed by atoms with Crippen LogP contribution in [0.2, 0.25) is 0 Å². The van der Waals surface area contributed by atoms with E-state index in [9.17, 15) is 19.2 Å². The van der Waals surface area contributed by atoms with E-state index in [0.29, 0.717) is 58.8 Å². The highest BCUT2D eigenvalue weighted by Crippen LogP contribution is 2.23. The fourth-order valence-corrected chi connectivity index (χ4v) is 5.44. The summed E-state index contributed by atoms with van der Waals surface area (Å²) in [7, 11) is 0. The average molecular weight is 711 g/mol. The molecule has 2 aromatic carbocycles. The lowest BCUT2D eigenvalue weighted by atomic mass is 10.0. The van der Waals surface area contributed by atoms with E-state index >= 15 is 0 Å². The first kappa shape index (κ1) is 38.9. The predicted molar refractivity (Wildman–Crippen MR) is 205 cm³/mol. The molecule has 10 N–H and O–H groups in total. The van der Waals surface area contributed by atoms with Crippen molar-refractivity contribution in [1.29, 1.82) is 10.8 Å². The monoisotopic (exact) mass is 710 g/mol. The second-order valence-corrected chi connectivity index (χ2v) is 13.7. The van der Waals surface area contributed by atoms with Crippen LogP contribution < -0.4 is 32.7 Å². The Kier molecular flexibility index (Phi) is 13.3. The molecule has 14 nitrogen and oxygen atoms in total. The van der Waals surface area contributed by atoms with E-state index in [1.165, 1.54) is 0 Å². The molecule has 14 heteroatoms. The number of nitrogens with one attached hydrogen (secondary N) is 6. The topological polar surface area (TPSA) is 226 Å². The highest BCUT2D eigenvalue weighted by atomic mass is 16.2. The molecule has 0 bridgehead atoms. The summed E-state index contributed by atoms with van der Waals surface area (Å²) >= 11 is 0. The number of nitrogens with two attached hydrogens (primary N) is 2. The van der Waals surface area contributed by atoms with Gasteiger partial charge in [0.2, 0.25) is 0 Å². The van der Waals surface area contributed by atoms with Gasteiger partial charge in [-0.15, -0.1) is 0 Å². The van der Waals surface area contributed by atoms with Gasteiger partial charge in [-0.3, -0.25) is 30.0 Å². The number of hydrogen-bond acceptors (Lipinski definition) is 6. The van der Waals surface area contributed by atoms with E-state index in [2.05, 4.69) is 49.0 Å². The molecule has 0 fully saturated rings. The van der Waals surface area contributed by atoms with Gasteiger partial charge in [0.05, 0.1) is 23.0 Å². The van der Waals surface area contributed by atoms with Crippen molar-refractivity contribution in [3.63, 3.8) is 0 Å². The van der Waals surface area contributed by atoms with E-state index in [-0.39, 0.29) is 61.2 Å². The molecule has 0 unspecified atom stereocenters. The number of amides is 4. The van der Waals surface area contributed by atoms with Crippen molar-refractivity contribution in [1.82, 2.24) is 19.8 Å². The highest BCUT2D eigenvalue weighted by Gasteiger charge is 2.18. The van der Waals surface area contributed by atoms with Crippen LogP contribution in [0.15, 0.2) is 60.9 Å². The first-order valence-electron chi connectivity index (χ1n) is 17.5. The fourth-order valence-electron chi connectivity index (χ4n) is 5.44. The molecule has 0 saturated heterocycles. The lowest BCUT2D eigenvalue weighted by Gasteiger charge is -2.11. The predicted octanol–water partition coefficient (Wildman–Crippen LogP) is 5.15. The third kappa shape index (κ3) is 11.0. The first-order valence-corrected chi connectivity index (χ1v) is 17.5. The second-order valence-electron chi connectivity index (χ2n) is 13.7. The lowest BCUT2D eigenvalue weighted by Crippen LogP contribution is -2.29. The molecule has 4 rings (SSSR count). The number of amidine groups is 2. The van der Waals surface area contributed by atoms with Gasteiger partial charge in [-0.1, -0.05) is 39.8 Å². The summed E-state index contributed by atoms with van der Waals surface area (Å²) in [5, 5.41) is 27.6. The van der Waals surface area contributed by atoms with E-state index in [1.807, 2.05) is 9.13 Å². The molecule has 276 valence electrons. The molecule has 0 spiro atoms. The number of anilines is 2. The summed E-state index contributed by atoms with van der Waals surface area (Å²) in [6.45, 7) is 10.1. The number of aryl methyl sites for hydroxylation is 2. The Labute approximate surface area is 303 Å². The molecule has 0 radical (unpaired) electrons. The Hall–Kier alpha value is -5.92. The quantitative estimate of drug-likeness (QED) is 0.0514. The van der Waals surface area contributed by atoms with Crippen LogP contribution in [0.5, 0.6) is 0 Å². The summed E-state index contributed by atoms with van der Waals surface area (Å²) in [5.74, 6) is -0.526. The number of aromatic nitrogens is 2. The third-order valence-corrected chi connectivity index (χ3v) is 8.39. The number of rotatable bonds is 18. The smallest absolute Gasteiger partial charge is 0.267 e. The molecule has 0 saturated carbocycles. The van der Waals surface area contributed by atoms with Crippen molar-refractivity contribution in [3.8, 4) is 0 Å². The number of fused-ring (bicyclic) bond motifs is 1. The van der Waals surface area contributed by atoms with E-state index in [1.54, 1.807) is 60.9 Å². The van der Waals surface area contributed by atoms with Crippen LogP contribution in [0.4, 0.5) is 11.4 Å². The number of hydrogen-bond donors (Lipinski definition) is 8. The minimum atomic E-state index is -0.351. The molecule has 0 aliphatic rings. The molecule has 4 amide bonds. The van der Waals surface area contributed by atoms with E-state index in [4.69, 9.17) is 22.3 Å². The van der Waals surface area contributed by atoms with Gasteiger partial charge in [0, 0.05) is 62.5 Å². The van der Waals surface area contributed by atoms with Crippen LogP contribution >= 0.6 is 0 Å². The van der Waals surface area contributed by atoms with Gasteiger partial charge >= 0.3 is 0 Å². The Morgan fingerprint density at radius 1 is 0.615 bits per heavy atom. The molecule has 0 aliphatic heterocycles. The number of carbonyl (C=O) groups excluding carboxylic acids is 4. The van der Waals surface area contributed by atoms with Crippen LogP contribution in [-0.2, 0) is 13.1 Å². The van der Waals surface area contributed by atoms with Gasteiger partial charge in [-0.2, -0.15) is 0 Å². The molecule has 2 aromatic heterocycles. The highest BCUT2D eigenvalue weighted by molar-refractivity contribution is 6.09. The minimum absolute atomic E-state index is 0.0122. The van der Waals surface area contributed by atoms with Crippen molar-refractivity contribution in [2.45, 2.75) is 66.5 Å². The van der Waals surface area contributed by atoms with E-state index in [0.717, 1.165) is 23.6 Å². The summed E-state index contributed by atoms with van der Waals surface area (Å²) in [5.41, 5.74) is 13.4. The maximum Gasteiger partial charge on any atom is 0.267 e. The van der Waals surface area contributed by atoms with Gasteiger partial charge < -0.3 is 41.9 Å². The van der Waals surface area contributed by atoms with Crippen LogP contribution in [0.25, 0.3) is 10.8 Å². The van der Waals surface area contributed by atoms with Crippen LogP contribution in [0.3, 0.4) is 0 Å². The zero-order valence-electron chi connectivity index (χ0n) is 30.3. The molecular formula is C38H50N10O4. The van der Waals surface area contributed by atoms with Crippen LogP contribution in [-0.4, -0.2) is 57.5 Å². The Morgan fingerprint density at radius 3 is 1.35 bits per heavy atom. The van der Waals surface area contributed by atoms with Gasteiger partial charge in [0.25, 0.3) is 23.6 Å². The molecule has 0 aliphatic carbocycles. The third-order valence-electron chi connectivity index (χ3n) is 8.39. The van der Waals surface area contributed by atoms with Crippen molar-refractivity contribution in [3.05, 3.63) is 83.4 Å². The zero-order valence-corrected chi connectivity index (χ0v) is 30.3. The standard InChI is InChI=1S/C38H50N10O4/c1-23(2)11-15-47-21-29(19-31(47)37(51)43-13-9-33(39)40)45-35(49)27-7-5-26-18-28(8-6-25(26)17-27)36(50)46-30-20-32(38(52)44-14-10-34(41)42)48(22-30)16-12-24(3)4/h5-8,17-24H,9-16H2,1-4H3,(H3,39,40)(H3,41,42)(H,43,51)(H,44,52)(H,45,49)(H,46,50). The normalized spacial score (nSPS) is 11.1. The molecule has 52 heavy (non-hydrogen) atoms. The second kappa shape index (κ2) is 17.8. The number of benzene rings is 2. The van der Waals surface area contributed by atoms with Crippen LogP contribution in [0.1, 0.15) is 95.1 Å². The number of carbonyl (C=O) groups is 4.